The first kappa shape index (κ1) is 13.7. The van der Waals surface area contributed by atoms with Crippen molar-refractivity contribution in [2.75, 3.05) is 6.54 Å². The summed E-state index contributed by atoms with van der Waals surface area (Å²) >= 11 is 0. The van der Waals surface area contributed by atoms with E-state index < -0.39 is 11.5 Å². The zero-order valence-corrected chi connectivity index (χ0v) is 9.40. The Morgan fingerprint density at radius 1 is 1.60 bits per heavy atom. The molecule has 0 fully saturated rings. The average Bonchev–Trinajstić information content (AvgIpc) is 2.22. The first-order valence-corrected chi connectivity index (χ1v) is 5.09. The van der Waals surface area contributed by atoms with Crippen molar-refractivity contribution in [3.8, 4) is 0 Å². The van der Waals surface area contributed by atoms with Gasteiger partial charge in [0.05, 0.1) is 0 Å². The maximum absolute atomic E-state index is 11.2. The van der Waals surface area contributed by atoms with Gasteiger partial charge in [0.25, 0.3) is 0 Å². The highest BCUT2D eigenvalue weighted by Crippen LogP contribution is 2.21. The summed E-state index contributed by atoms with van der Waals surface area (Å²) in [6, 6.07) is 0. The van der Waals surface area contributed by atoms with Crippen LogP contribution in [0, 0.1) is 0 Å². The van der Waals surface area contributed by atoms with E-state index >= 15 is 0 Å². The first-order valence-electron chi connectivity index (χ1n) is 5.09. The molecule has 1 N–H and O–H groups in total. The number of hydrogen-bond acceptors (Lipinski definition) is 2. The normalized spacial score (nSPS) is 14.0. The first-order chi connectivity index (χ1) is 7.02. The van der Waals surface area contributed by atoms with Crippen LogP contribution in [-0.4, -0.2) is 34.5 Å². The molecule has 0 aliphatic rings. The van der Waals surface area contributed by atoms with Crippen LogP contribution in [-0.2, 0) is 9.59 Å². The van der Waals surface area contributed by atoms with Gasteiger partial charge in [-0.2, -0.15) is 0 Å². The Kier molecular flexibility index (Phi) is 5.67. The Morgan fingerprint density at radius 3 is 2.53 bits per heavy atom. The summed E-state index contributed by atoms with van der Waals surface area (Å²) in [6.07, 6.45) is 3.99. The molecule has 0 aliphatic carbocycles. The molecule has 1 atom stereocenters. The third-order valence-electron chi connectivity index (χ3n) is 2.52. The molecule has 86 valence electrons. The number of aliphatic carboxylic acids is 1. The Morgan fingerprint density at radius 2 is 2.20 bits per heavy atom. The van der Waals surface area contributed by atoms with Gasteiger partial charge in [-0.3, -0.25) is 4.79 Å². The van der Waals surface area contributed by atoms with E-state index in [1.165, 1.54) is 4.90 Å². The minimum absolute atomic E-state index is 0.393. The maximum atomic E-state index is 11.2. The molecule has 1 amide bonds. The number of carboxylic acid groups (broad SMARTS) is 1. The molecule has 15 heavy (non-hydrogen) atoms. The van der Waals surface area contributed by atoms with E-state index in [1.807, 2.05) is 6.92 Å². The molecular formula is C11H19NO3. The van der Waals surface area contributed by atoms with Crippen LogP contribution in [0.1, 0.15) is 33.1 Å². The number of allylic oxidation sites excluding steroid dienone is 1. The smallest absolute Gasteiger partial charge is 0.329 e. The average molecular weight is 213 g/mol. The summed E-state index contributed by atoms with van der Waals surface area (Å²) in [5, 5.41) is 9.15. The highest BCUT2D eigenvalue weighted by atomic mass is 16.4. The van der Waals surface area contributed by atoms with Crippen molar-refractivity contribution in [1.29, 1.82) is 0 Å². The number of hydrogen-bond donors (Lipinski definition) is 1. The predicted molar refractivity (Wildman–Crippen MR) is 58.5 cm³/mol. The van der Waals surface area contributed by atoms with Crippen molar-refractivity contribution in [2.45, 2.75) is 38.6 Å². The summed E-state index contributed by atoms with van der Waals surface area (Å²) < 4.78 is 0. The molecule has 0 radical (unpaired) electrons. The van der Waals surface area contributed by atoms with E-state index in [1.54, 1.807) is 13.0 Å². The maximum Gasteiger partial charge on any atom is 0.329 e. The molecule has 0 aliphatic heterocycles. The van der Waals surface area contributed by atoms with Crippen LogP contribution in [0.4, 0.5) is 0 Å². The molecule has 0 aromatic carbocycles. The van der Waals surface area contributed by atoms with Crippen LogP contribution in [0.2, 0.25) is 0 Å². The lowest BCUT2D eigenvalue weighted by atomic mass is 9.94. The van der Waals surface area contributed by atoms with Crippen molar-refractivity contribution in [3.05, 3.63) is 12.7 Å². The van der Waals surface area contributed by atoms with Crippen molar-refractivity contribution in [2.24, 2.45) is 0 Å². The van der Waals surface area contributed by atoms with Crippen molar-refractivity contribution < 1.29 is 14.7 Å². The highest BCUT2D eigenvalue weighted by molar-refractivity contribution is 5.80. The van der Waals surface area contributed by atoms with Gasteiger partial charge in [-0.15, -0.1) is 6.58 Å². The SMILES string of the molecule is C=CCCC(C)(C(=O)O)N(C=O)CCC. The summed E-state index contributed by atoms with van der Waals surface area (Å²) in [6.45, 7) is 7.50. The summed E-state index contributed by atoms with van der Waals surface area (Å²) in [5.74, 6) is -0.968. The van der Waals surface area contributed by atoms with Gasteiger partial charge in [-0.25, -0.2) is 4.79 Å². The molecule has 0 saturated heterocycles. The van der Waals surface area contributed by atoms with Gasteiger partial charge in [0, 0.05) is 6.54 Å². The molecule has 0 bridgehead atoms. The molecule has 0 rings (SSSR count). The Balaban J connectivity index is 4.79. The second kappa shape index (κ2) is 6.22. The van der Waals surface area contributed by atoms with Crippen LogP contribution in [0.3, 0.4) is 0 Å². The third kappa shape index (κ3) is 3.38. The molecule has 0 spiro atoms. The van der Waals surface area contributed by atoms with E-state index in [9.17, 15) is 9.59 Å². The Labute approximate surface area is 90.6 Å². The molecule has 0 saturated carbocycles. The van der Waals surface area contributed by atoms with Crippen LogP contribution >= 0.6 is 0 Å². The second-order valence-corrected chi connectivity index (χ2v) is 3.71. The summed E-state index contributed by atoms with van der Waals surface area (Å²) in [5.41, 5.74) is -1.12. The largest absolute Gasteiger partial charge is 0.480 e. The zero-order valence-electron chi connectivity index (χ0n) is 9.40. The van der Waals surface area contributed by atoms with E-state index in [0.717, 1.165) is 6.42 Å². The second-order valence-electron chi connectivity index (χ2n) is 3.71. The van der Waals surface area contributed by atoms with Crippen molar-refractivity contribution in [3.63, 3.8) is 0 Å². The Bertz CT molecular complexity index is 240. The lowest BCUT2D eigenvalue weighted by molar-refractivity contribution is -0.154. The lowest BCUT2D eigenvalue weighted by Crippen LogP contribution is -2.52. The van der Waals surface area contributed by atoms with Crippen molar-refractivity contribution >= 4 is 12.4 Å². The fourth-order valence-electron chi connectivity index (χ4n) is 1.41. The number of carbonyl (C=O) groups is 2. The fourth-order valence-corrected chi connectivity index (χ4v) is 1.41. The van der Waals surface area contributed by atoms with Gasteiger partial charge in [-0.1, -0.05) is 13.0 Å². The van der Waals surface area contributed by atoms with E-state index in [-0.39, 0.29) is 0 Å². The van der Waals surface area contributed by atoms with Gasteiger partial charge in [0.1, 0.15) is 5.54 Å². The fraction of sp³-hybridized carbons (Fsp3) is 0.636. The van der Waals surface area contributed by atoms with Gasteiger partial charge < -0.3 is 10.0 Å². The third-order valence-corrected chi connectivity index (χ3v) is 2.52. The lowest BCUT2D eigenvalue weighted by Gasteiger charge is -2.34. The van der Waals surface area contributed by atoms with Crippen molar-refractivity contribution in [1.82, 2.24) is 4.90 Å². The number of amides is 1. The highest BCUT2D eigenvalue weighted by Gasteiger charge is 2.37. The predicted octanol–water partition coefficient (Wildman–Crippen LogP) is 1.66. The Hall–Kier alpha value is -1.32. The molecular weight excluding hydrogens is 194 g/mol. The summed E-state index contributed by atoms with van der Waals surface area (Å²) in [7, 11) is 0. The monoisotopic (exact) mass is 213 g/mol. The van der Waals surface area contributed by atoms with Crippen LogP contribution in [0.15, 0.2) is 12.7 Å². The molecule has 4 heteroatoms. The van der Waals surface area contributed by atoms with Gasteiger partial charge in [0.2, 0.25) is 6.41 Å². The van der Waals surface area contributed by atoms with Gasteiger partial charge in [0.15, 0.2) is 0 Å². The standard InChI is InChI=1S/C11H19NO3/c1-4-6-7-11(3,10(14)15)12(9-13)8-5-2/h4,9H,1,5-8H2,2-3H3,(H,14,15). The number of nitrogens with zero attached hydrogens (tertiary/aromatic N) is 1. The molecule has 0 heterocycles. The molecule has 4 nitrogen and oxygen atoms in total. The van der Waals surface area contributed by atoms with Crippen LogP contribution in [0.25, 0.3) is 0 Å². The quantitative estimate of drug-likeness (QED) is 0.493. The molecule has 0 aromatic heterocycles. The van der Waals surface area contributed by atoms with Gasteiger partial charge >= 0.3 is 5.97 Å². The van der Waals surface area contributed by atoms with Gasteiger partial charge in [-0.05, 0) is 26.2 Å². The molecule has 0 aromatic rings. The van der Waals surface area contributed by atoms with E-state index in [0.29, 0.717) is 25.8 Å². The minimum Gasteiger partial charge on any atom is -0.480 e. The topological polar surface area (TPSA) is 57.6 Å². The zero-order chi connectivity index (χ0) is 11.9. The number of rotatable bonds is 8. The van der Waals surface area contributed by atoms with E-state index in [4.69, 9.17) is 5.11 Å². The summed E-state index contributed by atoms with van der Waals surface area (Å²) in [4.78, 5) is 23.4. The van der Waals surface area contributed by atoms with Crippen LogP contribution < -0.4 is 0 Å². The van der Waals surface area contributed by atoms with E-state index in [2.05, 4.69) is 6.58 Å². The van der Waals surface area contributed by atoms with Crippen LogP contribution in [0.5, 0.6) is 0 Å². The minimum atomic E-state index is -1.12. The molecule has 1 unspecified atom stereocenters. The number of carboxylic acids is 1. The number of carbonyl (C=O) groups excluding carboxylic acids is 1.